The third-order valence-electron chi connectivity index (χ3n) is 2.19. The molecule has 0 fully saturated rings. The molecule has 0 aromatic carbocycles. The van der Waals surface area contributed by atoms with Crippen LogP contribution in [0.3, 0.4) is 0 Å². The van der Waals surface area contributed by atoms with Crippen LogP contribution in [0.1, 0.15) is 13.3 Å². The lowest BCUT2D eigenvalue weighted by Crippen LogP contribution is -2.31. The summed E-state index contributed by atoms with van der Waals surface area (Å²) in [4.78, 5) is 19.9. The van der Waals surface area contributed by atoms with E-state index in [-0.39, 0.29) is 5.56 Å². The molecular weight excluding hydrogens is 272 g/mol. The molecule has 0 spiro atoms. The Hall–Kier alpha value is -0.880. The van der Waals surface area contributed by atoms with Gasteiger partial charge in [0.25, 0.3) is 5.56 Å². The molecule has 1 heterocycles. The Morgan fingerprint density at radius 2 is 2.31 bits per heavy atom. The molecule has 0 saturated heterocycles. The van der Waals surface area contributed by atoms with E-state index in [2.05, 4.69) is 38.1 Å². The first-order chi connectivity index (χ1) is 7.66. The zero-order valence-electron chi connectivity index (χ0n) is 9.59. The van der Waals surface area contributed by atoms with Gasteiger partial charge >= 0.3 is 0 Å². The van der Waals surface area contributed by atoms with Crippen molar-refractivity contribution in [1.29, 1.82) is 0 Å². The van der Waals surface area contributed by atoms with Crippen LogP contribution < -0.4 is 15.8 Å². The molecule has 5 nitrogen and oxygen atoms in total. The topological polar surface area (TPSA) is 61.0 Å². The van der Waals surface area contributed by atoms with Gasteiger partial charge in [-0.2, -0.15) is 0 Å². The second kappa shape index (κ2) is 6.65. The minimum Gasteiger partial charge on any atom is -0.357 e. The summed E-state index contributed by atoms with van der Waals surface area (Å²) in [7, 11) is 1.92. The average molecular weight is 289 g/mol. The second-order valence-electron chi connectivity index (χ2n) is 3.54. The number of halogens is 1. The van der Waals surface area contributed by atoms with Crippen LogP contribution in [0, 0.1) is 0 Å². The summed E-state index contributed by atoms with van der Waals surface area (Å²) in [6.45, 7) is 4.84. The molecule has 1 rings (SSSR count). The number of hydrogen-bond donors (Lipinski definition) is 2. The molecule has 2 N–H and O–H groups in total. The Kier molecular flexibility index (Phi) is 5.48. The molecule has 0 aliphatic rings. The summed E-state index contributed by atoms with van der Waals surface area (Å²) < 4.78 is 0.480. The van der Waals surface area contributed by atoms with Gasteiger partial charge < -0.3 is 15.2 Å². The molecule has 0 saturated carbocycles. The molecule has 6 heteroatoms. The summed E-state index contributed by atoms with van der Waals surface area (Å²) in [5.74, 6) is 0.669. The SMILES string of the molecule is CCCNCCN(C)c1nc[nH]c(=O)c1Br. The number of nitrogens with zero attached hydrogens (tertiary/aromatic N) is 2. The molecule has 0 atom stereocenters. The Morgan fingerprint density at radius 3 is 3.00 bits per heavy atom. The molecule has 0 aliphatic carbocycles. The van der Waals surface area contributed by atoms with E-state index in [1.54, 1.807) is 0 Å². The predicted octanol–water partition coefficient (Wildman–Crippen LogP) is 0.968. The maximum atomic E-state index is 11.3. The Labute approximate surface area is 103 Å². The van der Waals surface area contributed by atoms with Gasteiger partial charge in [-0.25, -0.2) is 4.98 Å². The van der Waals surface area contributed by atoms with Crippen molar-refractivity contribution in [1.82, 2.24) is 15.3 Å². The standard InChI is InChI=1S/C10H17BrN4O/c1-3-4-12-5-6-15(2)9-8(11)10(16)14-7-13-9/h7,12H,3-6H2,1-2H3,(H,13,14,16). The molecular formula is C10H17BrN4O. The van der Waals surface area contributed by atoms with E-state index in [1.165, 1.54) is 6.33 Å². The zero-order valence-corrected chi connectivity index (χ0v) is 11.2. The fraction of sp³-hybridized carbons (Fsp3) is 0.600. The van der Waals surface area contributed by atoms with Gasteiger partial charge in [-0.1, -0.05) is 6.92 Å². The van der Waals surface area contributed by atoms with Crippen molar-refractivity contribution in [3.63, 3.8) is 0 Å². The first-order valence-electron chi connectivity index (χ1n) is 5.31. The number of likely N-dealkylation sites (N-methyl/N-ethyl adjacent to an activating group) is 1. The number of anilines is 1. The molecule has 0 aliphatic heterocycles. The number of rotatable bonds is 6. The molecule has 1 aromatic heterocycles. The van der Waals surface area contributed by atoms with Crippen LogP contribution in [0.4, 0.5) is 5.82 Å². The van der Waals surface area contributed by atoms with E-state index < -0.39 is 0 Å². The van der Waals surface area contributed by atoms with Crippen molar-refractivity contribution in [2.24, 2.45) is 0 Å². The number of aromatic nitrogens is 2. The van der Waals surface area contributed by atoms with Crippen LogP contribution in [-0.4, -0.2) is 36.6 Å². The van der Waals surface area contributed by atoms with Gasteiger partial charge in [-0.3, -0.25) is 4.79 Å². The van der Waals surface area contributed by atoms with E-state index in [0.29, 0.717) is 10.3 Å². The van der Waals surface area contributed by atoms with Crippen molar-refractivity contribution in [3.05, 3.63) is 21.2 Å². The zero-order chi connectivity index (χ0) is 12.0. The first kappa shape index (κ1) is 13.2. The van der Waals surface area contributed by atoms with Crippen molar-refractivity contribution in [2.45, 2.75) is 13.3 Å². The Bertz CT molecular complexity index is 379. The van der Waals surface area contributed by atoms with Crippen molar-refractivity contribution in [3.8, 4) is 0 Å². The Balaban J connectivity index is 2.56. The van der Waals surface area contributed by atoms with Crippen LogP contribution in [-0.2, 0) is 0 Å². The molecule has 16 heavy (non-hydrogen) atoms. The molecule has 0 amide bonds. The van der Waals surface area contributed by atoms with Crippen molar-refractivity contribution >= 4 is 21.7 Å². The van der Waals surface area contributed by atoms with E-state index in [1.807, 2.05) is 11.9 Å². The van der Waals surface area contributed by atoms with Crippen LogP contribution >= 0.6 is 15.9 Å². The van der Waals surface area contributed by atoms with E-state index in [4.69, 9.17) is 0 Å². The maximum absolute atomic E-state index is 11.3. The fourth-order valence-electron chi connectivity index (χ4n) is 1.29. The average Bonchev–Trinajstić information content (AvgIpc) is 2.28. The highest BCUT2D eigenvalue weighted by Gasteiger charge is 2.09. The van der Waals surface area contributed by atoms with Gasteiger partial charge in [0.1, 0.15) is 10.3 Å². The van der Waals surface area contributed by atoms with Gasteiger partial charge in [0.2, 0.25) is 0 Å². The third-order valence-corrected chi connectivity index (χ3v) is 2.91. The largest absolute Gasteiger partial charge is 0.357 e. The predicted molar refractivity (Wildman–Crippen MR) is 69.0 cm³/mol. The van der Waals surface area contributed by atoms with Gasteiger partial charge in [-0.05, 0) is 28.9 Å². The van der Waals surface area contributed by atoms with Gasteiger partial charge in [0.15, 0.2) is 0 Å². The van der Waals surface area contributed by atoms with E-state index in [9.17, 15) is 4.79 Å². The normalized spacial score (nSPS) is 10.4. The first-order valence-corrected chi connectivity index (χ1v) is 6.11. The summed E-state index contributed by atoms with van der Waals surface area (Å²) in [6.07, 6.45) is 2.54. The Morgan fingerprint density at radius 1 is 1.56 bits per heavy atom. The minimum atomic E-state index is -0.154. The smallest absolute Gasteiger partial charge is 0.267 e. The highest BCUT2D eigenvalue weighted by molar-refractivity contribution is 9.10. The lowest BCUT2D eigenvalue weighted by Gasteiger charge is -2.18. The van der Waals surface area contributed by atoms with Gasteiger partial charge in [0, 0.05) is 20.1 Å². The third kappa shape index (κ3) is 3.61. The van der Waals surface area contributed by atoms with Gasteiger partial charge in [-0.15, -0.1) is 0 Å². The van der Waals surface area contributed by atoms with E-state index >= 15 is 0 Å². The van der Waals surface area contributed by atoms with Crippen LogP contribution in [0.2, 0.25) is 0 Å². The summed E-state index contributed by atoms with van der Waals surface area (Å²) in [5, 5.41) is 3.30. The van der Waals surface area contributed by atoms with Crippen molar-refractivity contribution in [2.75, 3.05) is 31.6 Å². The summed E-state index contributed by atoms with van der Waals surface area (Å²) in [6, 6.07) is 0. The molecule has 0 radical (unpaired) electrons. The van der Waals surface area contributed by atoms with Gasteiger partial charge in [0.05, 0.1) is 6.33 Å². The highest BCUT2D eigenvalue weighted by atomic mass is 79.9. The number of nitrogens with one attached hydrogen (secondary N) is 2. The van der Waals surface area contributed by atoms with E-state index in [0.717, 1.165) is 26.1 Å². The number of aromatic amines is 1. The lowest BCUT2D eigenvalue weighted by molar-refractivity contribution is 0.663. The fourth-order valence-corrected chi connectivity index (χ4v) is 1.81. The monoisotopic (exact) mass is 288 g/mol. The summed E-state index contributed by atoms with van der Waals surface area (Å²) >= 11 is 3.24. The van der Waals surface area contributed by atoms with Crippen LogP contribution in [0.15, 0.2) is 15.6 Å². The minimum absolute atomic E-state index is 0.154. The molecule has 1 aromatic rings. The summed E-state index contributed by atoms with van der Waals surface area (Å²) in [5.41, 5.74) is -0.154. The number of H-pyrrole nitrogens is 1. The highest BCUT2D eigenvalue weighted by Crippen LogP contribution is 2.16. The van der Waals surface area contributed by atoms with Crippen molar-refractivity contribution < 1.29 is 0 Å². The lowest BCUT2D eigenvalue weighted by atomic mass is 10.4. The van der Waals surface area contributed by atoms with Crippen LogP contribution in [0.25, 0.3) is 0 Å². The number of hydrogen-bond acceptors (Lipinski definition) is 4. The molecule has 0 bridgehead atoms. The molecule has 0 unspecified atom stereocenters. The molecule has 90 valence electrons. The van der Waals surface area contributed by atoms with Crippen LogP contribution in [0.5, 0.6) is 0 Å². The quantitative estimate of drug-likeness (QED) is 0.766. The second-order valence-corrected chi connectivity index (χ2v) is 4.33. The maximum Gasteiger partial charge on any atom is 0.267 e.